The Bertz CT molecular complexity index is 519. The van der Waals surface area contributed by atoms with E-state index in [0.717, 1.165) is 0 Å². The predicted molar refractivity (Wildman–Crippen MR) is 69.5 cm³/mol. The van der Waals surface area contributed by atoms with E-state index in [4.69, 9.17) is 4.74 Å². The van der Waals surface area contributed by atoms with Crippen molar-refractivity contribution in [2.24, 2.45) is 0 Å². The van der Waals surface area contributed by atoms with Crippen molar-refractivity contribution >= 4 is 16.2 Å². The number of benzene rings is 1. The number of hydroxylamine groups is 1. The van der Waals surface area contributed by atoms with Crippen LogP contribution in [-0.4, -0.2) is 20.1 Å². The molecule has 0 unspecified atom stereocenters. The van der Waals surface area contributed by atoms with Crippen molar-refractivity contribution < 1.29 is 22.2 Å². The first-order chi connectivity index (χ1) is 8.68. The van der Waals surface area contributed by atoms with Crippen LogP contribution in [0.2, 0.25) is 0 Å². The highest BCUT2D eigenvalue weighted by atomic mass is 32.2. The van der Waals surface area contributed by atoms with E-state index in [-0.39, 0.29) is 5.75 Å². The van der Waals surface area contributed by atoms with Gasteiger partial charge in [-0.25, -0.2) is 4.79 Å². The lowest BCUT2D eigenvalue weighted by Crippen LogP contribution is -2.34. The van der Waals surface area contributed by atoms with Crippen LogP contribution in [0, 0.1) is 0 Å². The molecule has 7 heteroatoms. The fraction of sp³-hybridized carbons (Fsp3) is 0.417. The summed E-state index contributed by atoms with van der Waals surface area (Å²) in [6.45, 7) is 4.97. The second-order valence-electron chi connectivity index (χ2n) is 4.87. The molecule has 0 aliphatic heterocycles. The Hall–Kier alpha value is -1.60. The molecule has 0 aliphatic rings. The fourth-order valence-corrected chi connectivity index (χ4v) is 2.06. The van der Waals surface area contributed by atoms with E-state index in [1.807, 2.05) is 0 Å². The average molecular weight is 287 g/mol. The van der Waals surface area contributed by atoms with E-state index >= 15 is 0 Å². The molecule has 0 saturated heterocycles. The first-order valence-corrected chi connectivity index (χ1v) is 7.20. The SMILES string of the molecule is CC(C)(C)OC(=O)NOS(=O)(=O)Cc1ccccc1. The summed E-state index contributed by atoms with van der Waals surface area (Å²) in [6.07, 6.45) is -0.955. The van der Waals surface area contributed by atoms with Crippen LogP contribution in [0.4, 0.5) is 4.79 Å². The van der Waals surface area contributed by atoms with E-state index in [1.54, 1.807) is 56.6 Å². The van der Waals surface area contributed by atoms with E-state index in [1.165, 1.54) is 0 Å². The van der Waals surface area contributed by atoms with Gasteiger partial charge in [0.15, 0.2) is 0 Å². The minimum absolute atomic E-state index is 0.330. The van der Waals surface area contributed by atoms with Gasteiger partial charge in [0.05, 0.1) is 0 Å². The molecule has 19 heavy (non-hydrogen) atoms. The van der Waals surface area contributed by atoms with Crippen LogP contribution in [-0.2, 0) is 24.9 Å². The summed E-state index contributed by atoms with van der Waals surface area (Å²) < 4.78 is 32.4. The highest BCUT2D eigenvalue weighted by Gasteiger charge is 2.19. The van der Waals surface area contributed by atoms with Gasteiger partial charge in [0.25, 0.3) is 10.1 Å². The molecule has 1 aromatic carbocycles. The second kappa shape index (κ2) is 6.03. The van der Waals surface area contributed by atoms with Gasteiger partial charge in [-0.15, -0.1) is 4.28 Å². The smallest absolute Gasteiger partial charge is 0.432 e. The zero-order chi connectivity index (χ0) is 14.5. The van der Waals surface area contributed by atoms with Gasteiger partial charge in [-0.1, -0.05) is 30.3 Å². The van der Waals surface area contributed by atoms with E-state index < -0.39 is 21.8 Å². The lowest BCUT2D eigenvalue weighted by atomic mass is 10.2. The third kappa shape index (κ3) is 6.78. The molecule has 0 atom stereocenters. The summed E-state index contributed by atoms with van der Waals surface area (Å²) in [5, 5.41) is 0. The molecule has 6 nitrogen and oxygen atoms in total. The van der Waals surface area contributed by atoms with Crippen molar-refractivity contribution in [3.63, 3.8) is 0 Å². The van der Waals surface area contributed by atoms with Crippen molar-refractivity contribution in [2.45, 2.75) is 32.1 Å². The van der Waals surface area contributed by atoms with Gasteiger partial charge in [0, 0.05) is 0 Å². The monoisotopic (exact) mass is 287 g/mol. The lowest BCUT2D eigenvalue weighted by molar-refractivity contribution is 0.0298. The quantitative estimate of drug-likeness (QED) is 0.856. The highest BCUT2D eigenvalue weighted by Crippen LogP contribution is 2.08. The van der Waals surface area contributed by atoms with Gasteiger partial charge in [-0.3, -0.25) is 0 Å². The van der Waals surface area contributed by atoms with Crippen molar-refractivity contribution in [3.05, 3.63) is 35.9 Å². The van der Waals surface area contributed by atoms with Crippen LogP contribution in [0.15, 0.2) is 30.3 Å². The fourth-order valence-electron chi connectivity index (χ4n) is 1.20. The van der Waals surface area contributed by atoms with E-state index in [2.05, 4.69) is 4.28 Å². The van der Waals surface area contributed by atoms with Gasteiger partial charge in [-0.05, 0) is 26.3 Å². The maximum atomic E-state index is 11.6. The molecule has 0 aliphatic carbocycles. The molecule has 1 N–H and O–H groups in total. The van der Waals surface area contributed by atoms with Crippen molar-refractivity contribution in [3.8, 4) is 0 Å². The molecule has 1 rings (SSSR count). The lowest BCUT2D eigenvalue weighted by Gasteiger charge is -2.19. The number of carbonyl (C=O) groups is 1. The Morgan fingerprint density at radius 2 is 1.79 bits per heavy atom. The number of carbonyl (C=O) groups excluding carboxylic acids is 1. The molecule has 0 heterocycles. The van der Waals surface area contributed by atoms with Crippen molar-refractivity contribution in [1.82, 2.24) is 5.48 Å². The Kier molecular flexibility index (Phi) is 4.90. The molecule has 0 saturated carbocycles. The average Bonchev–Trinajstić information content (AvgIpc) is 2.25. The van der Waals surface area contributed by atoms with Crippen LogP contribution in [0.1, 0.15) is 26.3 Å². The predicted octanol–water partition coefficient (Wildman–Crippen LogP) is 1.97. The van der Waals surface area contributed by atoms with E-state index in [9.17, 15) is 13.2 Å². The first-order valence-electron chi connectivity index (χ1n) is 5.62. The molecule has 1 amide bonds. The molecule has 0 spiro atoms. The summed E-state index contributed by atoms with van der Waals surface area (Å²) in [7, 11) is -3.90. The molecule has 106 valence electrons. The number of rotatable bonds is 4. The summed E-state index contributed by atoms with van der Waals surface area (Å²) in [4.78, 5) is 11.2. The Morgan fingerprint density at radius 1 is 1.21 bits per heavy atom. The van der Waals surface area contributed by atoms with Crippen molar-refractivity contribution in [2.75, 3.05) is 0 Å². The Morgan fingerprint density at radius 3 is 2.32 bits per heavy atom. The Balaban J connectivity index is 2.50. The van der Waals surface area contributed by atoms with Crippen LogP contribution in [0.3, 0.4) is 0 Å². The van der Waals surface area contributed by atoms with Gasteiger partial charge < -0.3 is 4.74 Å². The first kappa shape index (κ1) is 15.5. The van der Waals surface area contributed by atoms with Crippen LogP contribution < -0.4 is 5.48 Å². The molecule has 0 aromatic heterocycles. The Labute approximate surface area is 112 Å². The largest absolute Gasteiger partial charge is 0.442 e. The molecule has 0 fully saturated rings. The molecular weight excluding hydrogens is 270 g/mol. The minimum atomic E-state index is -3.90. The summed E-state index contributed by atoms with van der Waals surface area (Å²) in [5.74, 6) is -0.330. The summed E-state index contributed by atoms with van der Waals surface area (Å²) in [6, 6.07) is 8.50. The molecular formula is C12H17NO5S. The summed E-state index contributed by atoms with van der Waals surface area (Å²) in [5.41, 5.74) is 1.59. The van der Waals surface area contributed by atoms with Gasteiger partial charge in [0.1, 0.15) is 11.4 Å². The maximum Gasteiger partial charge on any atom is 0.432 e. The number of hydrogen-bond donors (Lipinski definition) is 1. The maximum absolute atomic E-state index is 11.6. The zero-order valence-corrected chi connectivity index (χ0v) is 11.9. The molecule has 0 bridgehead atoms. The number of nitrogens with one attached hydrogen (secondary N) is 1. The minimum Gasteiger partial charge on any atom is -0.442 e. The molecule has 1 aromatic rings. The summed E-state index contributed by atoms with van der Waals surface area (Å²) >= 11 is 0. The third-order valence-corrected chi connectivity index (χ3v) is 2.86. The number of hydrogen-bond acceptors (Lipinski definition) is 5. The number of amides is 1. The van der Waals surface area contributed by atoms with E-state index in [0.29, 0.717) is 5.56 Å². The van der Waals surface area contributed by atoms with Gasteiger partial charge in [-0.2, -0.15) is 13.9 Å². The van der Waals surface area contributed by atoms with Crippen LogP contribution in [0.5, 0.6) is 0 Å². The molecule has 0 radical (unpaired) electrons. The van der Waals surface area contributed by atoms with Crippen LogP contribution in [0.25, 0.3) is 0 Å². The number of ether oxygens (including phenoxy) is 1. The second-order valence-corrected chi connectivity index (χ2v) is 6.45. The highest BCUT2D eigenvalue weighted by molar-refractivity contribution is 7.85. The van der Waals surface area contributed by atoms with Gasteiger partial charge >= 0.3 is 6.09 Å². The standard InChI is InChI=1S/C12H17NO5S/c1-12(2,3)17-11(14)13-18-19(15,16)9-10-7-5-4-6-8-10/h4-8H,9H2,1-3H3,(H,13,14). The van der Waals surface area contributed by atoms with Crippen molar-refractivity contribution in [1.29, 1.82) is 0 Å². The van der Waals surface area contributed by atoms with Crippen LogP contribution >= 0.6 is 0 Å². The normalized spacial score (nSPS) is 11.9. The van der Waals surface area contributed by atoms with Gasteiger partial charge in [0.2, 0.25) is 0 Å². The zero-order valence-electron chi connectivity index (χ0n) is 11.0. The third-order valence-electron chi connectivity index (χ3n) is 1.84. The topological polar surface area (TPSA) is 81.7 Å².